The highest BCUT2D eigenvalue weighted by Gasteiger charge is 2.28. The van der Waals surface area contributed by atoms with E-state index in [1.165, 1.54) is 4.90 Å². The molecule has 0 spiro atoms. The van der Waals surface area contributed by atoms with Gasteiger partial charge in [0.1, 0.15) is 0 Å². The first-order chi connectivity index (χ1) is 16.0. The fourth-order valence-electron chi connectivity index (χ4n) is 3.92. The highest BCUT2D eigenvalue weighted by atomic mass is 35.5. The average molecular weight is 460 g/mol. The smallest absolute Gasteiger partial charge is 0.339 e. The third-order valence-corrected chi connectivity index (χ3v) is 5.92. The first-order valence-electron chi connectivity index (χ1n) is 10.6. The van der Waals surface area contributed by atoms with Crippen LogP contribution in [0.1, 0.15) is 40.0 Å². The summed E-state index contributed by atoms with van der Waals surface area (Å²) in [5, 5.41) is 10.1. The van der Waals surface area contributed by atoms with Crippen LogP contribution in [0.15, 0.2) is 48.5 Å². The van der Waals surface area contributed by atoms with Gasteiger partial charge in [0.15, 0.2) is 6.61 Å². The lowest BCUT2D eigenvalue weighted by Gasteiger charge is -2.16. The van der Waals surface area contributed by atoms with Crippen LogP contribution in [0.3, 0.4) is 0 Å². The molecule has 6 nitrogen and oxygen atoms in total. The minimum atomic E-state index is -0.542. The van der Waals surface area contributed by atoms with Crippen molar-refractivity contribution in [1.29, 1.82) is 5.26 Å². The molecule has 0 bridgehead atoms. The topological polar surface area (TPSA) is 83.3 Å². The van der Waals surface area contributed by atoms with Gasteiger partial charge < -0.3 is 9.64 Å². The Morgan fingerprint density at radius 1 is 1.18 bits per heavy atom. The molecular formula is C26H22ClN3O3. The van der Waals surface area contributed by atoms with Crippen molar-refractivity contribution < 1.29 is 14.3 Å². The molecule has 1 aliphatic rings. The van der Waals surface area contributed by atoms with Crippen molar-refractivity contribution in [2.24, 2.45) is 0 Å². The zero-order valence-electron chi connectivity index (χ0n) is 18.2. The van der Waals surface area contributed by atoms with E-state index in [-0.39, 0.29) is 18.9 Å². The molecule has 1 heterocycles. The largest absolute Gasteiger partial charge is 0.452 e. The van der Waals surface area contributed by atoms with E-state index >= 15 is 0 Å². The quantitative estimate of drug-likeness (QED) is 0.489. The van der Waals surface area contributed by atoms with Gasteiger partial charge in [-0.25, -0.2) is 9.78 Å². The lowest BCUT2D eigenvalue weighted by Crippen LogP contribution is -2.32. The number of rotatable bonds is 6. The molecule has 0 fully saturated rings. The predicted octanol–water partition coefficient (Wildman–Crippen LogP) is 4.90. The van der Waals surface area contributed by atoms with E-state index < -0.39 is 5.97 Å². The van der Waals surface area contributed by atoms with Crippen molar-refractivity contribution in [1.82, 2.24) is 9.88 Å². The lowest BCUT2D eigenvalue weighted by atomic mass is 10.0. The third-order valence-electron chi connectivity index (χ3n) is 5.67. The average Bonchev–Trinajstić information content (AvgIpc) is 3.22. The van der Waals surface area contributed by atoms with Crippen molar-refractivity contribution in [3.63, 3.8) is 0 Å². The van der Waals surface area contributed by atoms with Crippen LogP contribution in [-0.4, -0.2) is 42.0 Å². The van der Waals surface area contributed by atoms with Gasteiger partial charge in [0, 0.05) is 24.0 Å². The zero-order valence-corrected chi connectivity index (χ0v) is 18.9. The van der Waals surface area contributed by atoms with Gasteiger partial charge in [-0.15, -0.1) is 0 Å². The maximum Gasteiger partial charge on any atom is 0.339 e. The first kappa shape index (κ1) is 22.5. The van der Waals surface area contributed by atoms with Gasteiger partial charge in [-0.05, 0) is 53.8 Å². The number of para-hydroxylation sites is 1. The molecule has 3 aromatic rings. The summed E-state index contributed by atoms with van der Waals surface area (Å²) < 4.78 is 5.42. The molecule has 7 heteroatoms. The second-order valence-electron chi connectivity index (χ2n) is 7.85. The van der Waals surface area contributed by atoms with Crippen LogP contribution >= 0.6 is 11.6 Å². The molecule has 0 N–H and O–H groups in total. The summed E-state index contributed by atoms with van der Waals surface area (Å²) in [7, 11) is 1.58. The molecule has 2 aromatic carbocycles. The number of hydrogen-bond donors (Lipinski definition) is 0. The molecule has 0 saturated heterocycles. The minimum Gasteiger partial charge on any atom is -0.452 e. The maximum absolute atomic E-state index is 13.2. The molecule has 1 aromatic heterocycles. The SMILES string of the molecule is CN(CCC#N)C(=O)COC(=O)c1c2c(nc3ccccc13)C(=Cc1ccc(Cl)cc1)CC2. The number of benzene rings is 2. The van der Waals surface area contributed by atoms with Crippen LogP contribution in [0.4, 0.5) is 0 Å². The Morgan fingerprint density at radius 2 is 1.94 bits per heavy atom. The van der Waals surface area contributed by atoms with Crippen LogP contribution < -0.4 is 0 Å². The fraction of sp³-hybridized carbons (Fsp3) is 0.231. The van der Waals surface area contributed by atoms with Crippen molar-refractivity contribution in [2.75, 3.05) is 20.2 Å². The van der Waals surface area contributed by atoms with Crippen molar-refractivity contribution in [3.8, 4) is 6.07 Å². The molecule has 166 valence electrons. The van der Waals surface area contributed by atoms with Gasteiger partial charge in [-0.3, -0.25) is 4.79 Å². The van der Waals surface area contributed by atoms with Gasteiger partial charge in [0.05, 0.1) is 29.3 Å². The fourth-order valence-corrected chi connectivity index (χ4v) is 4.05. The van der Waals surface area contributed by atoms with Gasteiger partial charge in [-0.1, -0.05) is 41.9 Å². The third kappa shape index (κ3) is 4.89. The normalized spacial score (nSPS) is 13.5. The number of ether oxygens (including phenoxy) is 1. The molecule has 1 aliphatic carbocycles. The van der Waals surface area contributed by atoms with Gasteiger partial charge >= 0.3 is 5.97 Å². The van der Waals surface area contributed by atoms with E-state index in [9.17, 15) is 9.59 Å². The molecule has 0 atom stereocenters. The summed E-state index contributed by atoms with van der Waals surface area (Å²) >= 11 is 6.00. The number of nitrogens with zero attached hydrogens (tertiary/aromatic N) is 3. The van der Waals surface area contributed by atoms with Gasteiger partial charge in [0.25, 0.3) is 5.91 Å². The number of carbonyl (C=O) groups is 2. The van der Waals surface area contributed by atoms with E-state index in [1.54, 1.807) is 7.05 Å². The van der Waals surface area contributed by atoms with E-state index in [1.807, 2.05) is 54.6 Å². The van der Waals surface area contributed by atoms with Crippen LogP contribution in [0.25, 0.3) is 22.6 Å². The Kier molecular flexibility index (Phi) is 6.71. The minimum absolute atomic E-state index is 0.224. The van der Waals surface area contributed by atoms with Crippen LogP contribution in [0, 0.1) is 11.3 Å². The van der Waals surface area contributed by atoms with Gasteiger partial charge in [-0.2, -0.15) is 5.26 Å². The number of fused-ring (bicyclic) bond motifs is 2. The van der Waals surface area contributed by atoms with Crippen molar-refractivity contribution >= 4 is 46.0 Å². The maximum atomic E-state index is 13.2. The number of carbonyl (C=O) groups excluding carboxylic acids is 2. The number of allylic oxidation sites excluding steroid dienone is 1. The second kappa shape index (κ2) is 9.85. The summed E-state index contributed by atoms with van der Waals surface area (Å²) in [5.41, 5.74) is 4.83. The van der Waals surface area contributed by atoms with E-state index in [0.717, 1.165) is 28.8 Å². The second-order valence-corrected chi connectivity index (χ2v) is 8.29. The Hall–Kier alpha value is -3.69. The van der Waals surface area contributed by atoms with Crippen LogP contribution in [0.2, 0.25) is 5.02 Å². The number of aromatic nitrogens is 1. The van der Waals surface area contributed by atoms with Crippen molar-refractivity contribution in [3.05, 3.63) is 75.9 Å². The molecule has 1 amide bonds. The van der Waals surface area contributed by atoms with E-state index in [0.29, 0.717) is 34.5 Å². The number of amides is 1. The van der Waals surface area contributed by atoms with E-state index in [4.69, 9.17) is 26.6 Å². The Morgan fingerprint density at radius 3 is 2.70 bits per heavy atom. The lowest BCUT2D eigenvalue weighted by molar-refractivity contribution is -0.133. The molecule has 4 rings (SSSR count). The number of pyridine rings is 1. The Balaban J connectivity index is 1.66. The summed E-state index contributed by atoms with van der Waals surface area (Å²) in [6.45, 7) is -0.0843. The molecule has 0 saturated carbocycles. The molecule has 33 heavy (non-hydrogen) atoms. The number of hydrogen-bond acceptors (Lipinski definition) is 5. The van der Waals surface area contributed by atoms with E-state index in [2.05, 4.69) is 6.08 Å². The summed E-state index contributed by atoms with van der Waals surface area (Å²) in [5.74, 6) is -0.892. The highest BCUT2D eigenvalue weighted by molar-refractivity contribution is 6.30. The van der Waals surface area contributed by atoms with Gasteiger partial charge in [0.2, 0.25) is 0 Å². The first-order valence-corrected chi connectivity index (χ1v) is 11.0. The number of esters is 1. The number of nitriles is 1. The Labute approximate surface area is 197 Å². The Bertz CT molecular complexity index is 1290. The molecule has 0 radical (unpaired) electrons. The summed E-state index contributed by atoms with van der Waals surface area (Å²) in [6, 6.07) is 17.0. The molecule has 0 aliphatic heterocycles. The summed E-state index contributed by atoms with van der Waals surface area (Å²) in [4.78, 5) is 31.7. The monoisotopic (exact) mass is 459 g/mol. The summed E-state index contributed by atoms with van der Waals surface area (Å²) in [6.07, 6.45) is 3.69. The number of halogens is 1. The highest BCUT2D eigenvalue weighted by Crippen LogP contribution is 2.37. The van der Waals surface area contributed by atoms with Crippen LogP contribution in [0.5, 0.6) is 0 Å². The number of likely N-dealkylation sites (N-methyl/N-ethyl adjacent to an activating group) is 1. The van der Waals surface area contributed by atoms with Crippen molar-refractivity contribution in [2.45, 2.75) is 19.3 Å². The zero-order chi connectivity index (χ0) is 23.4. The standard InChI is InChI=1S/C26H22ClN3O3/c1-30(14-4-13-28)23(31)16-33-26(32)24-20-5-2-3-6-22(20)29-25-18(9-12-21(24)25)15-17-7-10-19(27)11-8-17/h2-3,5-8,10-11,15H,4,9,12,14,16H2,1H3. The molecule has 0 unspecified atom stereocenters. The predicted molar refractivity (Wildman–Crippen MR) is 128 cm³/mol. The molecular weight excluding hydrogens is 438 g/mol. The van der Waals surface area contributed by atoms with Crippen LogP contribution in [-0.2, 0) is 16.0 Å².